The van der Waals surface area contributed by atoms with Crippen LogP contribution < -0.4 is 10.1 Å². The minimum absolute atomic E-state index is 0.0256. The highest BCUT2D eigenvalue weighted by atomic mass is 16.5. The van der Waals surface area contributed by atoms with Crippen LogP contribution in [0.2, 0.25) is 0 Å². The third-order valence-corrected chi connectivity index (χ3v) is 5.71. The van der Waals surface area contributed by atoms with Crippen molar-refractivity contribution in [2.24, 2.45) is 5.92 Å². The second-order valence-electron chi connectivity index (χ2n) is 7.75. The van der Waals surface area contributed by atoms with Crippen LogP contribution in [0.5, 0.6) is 5.75 Å². The number of hydrogen-bond donors (Lipinski definition) is 2. The Balaban J connectivity index is 1.31. The van der Waals surface area contributed by atoms with Crippen molar-refractivity contribution in [1.29, 1.82) is 0 Å². The lowest BCUT2D eigenvalue weighted by atomic mass is 9.96. The van der Waals surface area contributed by atoms with Crippen LogP contribution >= 0.6 is 0 Å². The molecule has 1 aliphatic heterocycles. The molecule has 1 atom stereocenters. The first-order chi connectivity index (χ1) is 14.6. The van der Waals surface area contributed by atoms with Crippen molar-refractivity contribution in [2.45, 2.75) is 19.3 Å². The van der Waals surface area contributed by atoms with Gasteiger partial charge in [-0.05, 0) is 49.1 Å². The molecule has 0 unspecified atom stereocenters. The zero-order valence-electron chi connectivity index (χ0n) is 17.2. The predicted molar refractivity (Wildman–Crippen MR) is 117 cm³/mol. The fraction of sp³-hybridized carbons (Fsp3) is 0.333. The molecule has 1 aliphatic rings. The monoisotopic (exact) mass is 405 g/mol. The van der Waals surface area contributed by atoms with E-state index in [9.17, 15) is 9.59 Å². The van der Waals surface area contributed by atoms with Crippen molar-refractivity contribution in [3.05, 3.63) is 65.9 Å². The number of aromatic nitrogens is 1. The minimum Gasteiger partial charge on any atom is -0.497 e. The summed E-state index contributed by atoms with van der Waals surface area (Å²) in [5.41, 5.74) is 2.68. The number of benzene rings is 2. The molecular formula is C24H27N3O3. The standard InChI is InChI=1S/C24H27N3O3/c1-30-20-10-8-17(9-11-20)12-13-25-23(28)19-6-4-14-27(16-19)24(29)22-15-18-5-2-3-7-21(18)26-22/h2-3,5,7-11,15,19,26H,4,6,12-14,16H2,1H3,(H,25,28)/t19-/m1/s1. The molecule has 3 aromatic rings. The molecule has 6 heteroatoms. The van der Waals surface area contributed by atoms with E-state index in [1.165, 1.54) is 0 Å². The number of aromatic amines is 1. The van der Waals surface area contributed by atoms with Crippen molar-refractivity contribution in [2.75, 3.05) is 26.7 Å². The number of H-pyrrole nitrogens is 1. The number of nitrogens with zero attached hydrogens (tertiary/aromatic N) is 1. The lowest BCUT2D eigenvalue weighted by molar-refractivity contribution is -0.126. The van der Waals surface area contributed by atoms with Crippen molar-refractivity contribution < 1.29 is 14.3 Å². The SMILES string of the molecule is COc1ccc(CCNC(=O)[C@@H]2CCCN(C(=O)c3cc4ccccc4[nH]3)C2)cc1. The third kappa shape index (κ3) is 4.48. The normalized spacial score (nSPS) is 16.4. The molecule has 2 amide bonds. The van der Waals surface area contributed by atoms with Gasteiger partial charge in [-0.3, -0.25) is 9.59 Å². The van der Waals surface area contributed by atoms with Crippen LogP contribution in [-0.4, -0.2) is 48.4 Å². The lowest BCUT2D eigenvalue weighted by Gasteiger charge is -2.31. The molecule has 2 N–H and O–H groups in total. The molecule has 0 spiro atoms. The number of nitrogens with one attached hydrogen (secondary N) is 2. The van der Waals surface area contributed by atoms with Gasteiger partial charge in [-0.15, -0.1) is 0 Å². The first-order valence-electron chi connectivity index (χ1n) is 10.4. The Labute approximate surface area is 176 Å². The first-order valence-corrected chi connectivity index (χ1v) is 10.4. The van der Waals surface area contributed by atoms with E-state index in [0.29, 0.717) is 25.3 Å². The summed E-state index contributed by atoms with van der Waals surface area (Å²) in [6.45, 7) is 1.73. The molecule has 4 rings (SSSR count). The minimum atomic E-state index is -0.164. The van der Waals surface area contributed by atoms with Crippen LogP contribution in [0.4, 0.5) is 0 Å². The summed E-state index contributed by atoms with van der Waals surface area (Å²) in [7, 11) is 1.64. The maximum absolute atomic E-state index is 12.9. The average Bonchev–Trinajstić information content (AvgIpc) is 3.23. The maximum Gasteiger partial charge on any atom is 0.270 e. The molecule has 30 heavy (non-hydrogen) atoms. The number of piperidine rings is 1. The molecule has 0 saturated carbocycles. The topological polar surface area (TPSA) is 74.4 Å². The molecule has 0 aliphatic carbocycles. The second kappa shape index (κ2) is 9.03. The smallest absolute Gasteiger partial charge is 0.270 e. The van der Waals surface area contributed by atoms with Gasteiger partial charge in [0.15, 0.2) is 0 Å². The first kappa shape index (κ1) is 20.0. The summed E-state index contributed by atoms with van der Waals surface area (Å²) in [5, 5.41) is 4.05. The fourth-order valence-electron chi connectivity index (χ4n) is 4.00. The van der Waals surface area contributed by atoms with Gasteiger partial charge in [0, 0.05) is 30.5 Å². The molecule has 1 fully saturated rings. The quantitative estimate of drug-likeness (QED) is 0.660. The van der Waals surface area contributed by atoms with E-state index >= 15 is 0 Å². The molecule has 0 bridgehead atoms. The van der Waals surface area contributed by atoms with E-state index in [4.69, 9.17) is 4.74 Å². The van der Waals surface area contributed by atoms with E-state index < -0.39 is 0 Å². The molecule has 1 saturated heterocycles. The van der Waals surface area contributed by atoms with E-state index in [1.807, 2.05) is 54.6 Å². The molecule has 6 nitrogen and oxygen atoms in total. The summed E-state index contributed by atoms with van der Waals surface area (Å²) < 4.78 is 5.17. The Morgan fingerprint density at radius 1 is 1.17 bits per heavy atom. The number of methoxy groups -OCH3 is 1. The molecule has 2 heterocycles. The Hall–Kier alpha value is -3.28. The van der Waals surface area contributed by atoms with Crippen LogP contribution in [0.15, 0.2) is 54.6 Å². The van der Waals surface area contributed by atoms with Crippen molar-refractivity contribution >= 4 is 22.7 Å². The van der Waals surface area contributed by atoms with Crippen molar-refractivity contribution in [1.82, 2.24) is 15.2 Å². The summed E-state index contributed by atoms with van der Waals surface area (Å²) in [4.78, 5) is 30.6. The van der Waals surface area contributed by atoms with Gasteiger partial charge in [0.05, 0.1) is 13.0 Å². The molecule has 0 radical (unpaired) electrons. The lowest BCUT2D eigenvalue weighted by Crippen LogP contribution is -2.45. The number of rotatable bonds is 6. The van der Waals surface area contributed by atoms with Gasteiger partial charge >= 0.3 is 0 Å². The highest BCUT2D eigenvalue weighted by Crippen LogP contribution is 2.21. The zero-order chi connectivity index (χ0) is 20.9. The largest absolute Gasteiger partial charge is 0.497 e. The molecule has 2 aromatic carbocycles. The summed E-state index contributed by atoms with van der Waals surface area (Å²) in [6.07, 6.45) is 2.41. The van der Waals surface area contributed by atoms with Crippen LogP contribution in [0.1, 0.15) is 28.9 Å². The van der Waals surface area contributed by atoms with Crippen LogP contribution in [0, 0.1) is 5.92 Å². The second-order valence-corrected chi connectivity index (χ2v) is 7.75. The zero-order valence-corrected chi connectivity index (χ0v) is 17.2. The van der Waals surface area contributed by atoms with Gasteiger partial charge in [0.1, 0.15) is 11.4 Å². The average molecular weight is 405 g/mol. The summed E-state index contributed by atoms with van der Waals surface area (Å²) in [5.74, 6) is 0.646. The Morgan fingerprint density at radius 3 is 2.73 bits per heavy atom. The molecular weight excluding hydrogens is 378 g/mol. The summed E-state index contributed by atoms with van der Waals surface area (Å²) >= 11 is 0. The fourth-order valence-corrected chi connectivity index (χ4v) is 4.00. The Morgan fingerprint density at radius 2 is 1.97 bits per heavy atom. The van der Waals surface area contributed by atoms with Gasteiger partial charge in [-0.2, -0.15) is 0 Å². The summed E-state index contributed by atoms with van der Waals surface area (Å²) in [6, 6.07) is 17.6. The van der Waals surface area contributed by atoms with Crippen LogP contribution in [0.3, 0.4) is 0 Å². The van der Waals surface area contributed by atoms with Crippen LogP contribution in [-0.2, 0) is 11.2 Å². The highest BCUT2D eigenvalue weighted by Gasteiger charge is 2.29. The van der Waals surface area contributed by atoms with Gasteiger partial charge in [0.25, 0.3) is 5.91 Å². The maximum atomic E-state index is 12.9. The number of carbonyl (C=O) groups is 2. The number of carbonyl (C=O) groups excluding carboxylic acids is 2. The Bertz CT molecular complexity index is 993. The molecule has 1 aromatic heterocycles. The number of hydrogen-bond acceptors (Lipinski definition) is 3. The van der Waals surface area contributed by atoms with Gasteiger partial charge in [-0.25, -0.2) is 0 Å². The molecule has 156 valence electrons. The third-order valence-electron chi connectivity index (χ3n) is 5.71. The van der Waals surface area contributed by atoms with Crippen molar-refractivity contribution in [3.63, 3.8) is 0 Å². The van der Waals surface area contributed by atoms with Gasteiger partial charge < -0.3 is 19.9 Å². The van der Waals surface area contributed by atoms with E-state index in [0.717, 1.165) is 41.5 Å². The highest BCUT2D eigenvalue weighted by molar-refractivity contribution is 5.98. The van der Waals surface area contributed by atoms with Gasteiger partial charge in [0.2, 0.25) is 5.91 Å². The Kier molecular flexibility index (Phi) is 6.02. The number of likely N-dealkylation sites (tertiary alicyclic amines) is 1. The number of para-hydroxylation sites is 1. The number of amides is 2. The number of ether oxygens (including phenoxy) is 1. The van der Waals surface area contributed by atoms with Crippen LogP contribution in [0.25, 0.3) is 10.9 Å². The van der Waals surface area contributed by atoms with E-state index in [1.54, 1.807) is 12.0 Å². The van der Waals surface area contributed by atoms with Gasteiger partial charge in [-0.1, -0.05) is 30.3 Å². The number of fused-ring (bicyclic) bond motifs is 1. The van der Waals surface area contributed by atoms with E-state index in [-0.39, 0.29) is 17.7 Å². The van der Waals surface area contributed by atoms with Crippen molar-refractivity contribution in [3.8, 4) is 5.75 Å². The predicted octanol–water partition coefficient (Wildman–Crippen LogP) is 3.39. The van der Waals surface area contributed by atoms with E-state index in [2.05, 4.69) is 10.3 Å².